The van der Waals surface area contributed by atoms with E-state index in [1.54, 1.807) is 6.92 Å². The third-order valence-electron chi connectivity index (χ3n) is 3.04. The Hall–Kier alpha value is -1.64. The van der Waals surface area contributed by atoms with Crippen LogP contribution in [0.2, 0.25) is 0 Å². The van der Waals surface area contributed by atoms with Crippen LogP contribution in [0.3, 0.4) is 0 Å². The zero-order chi connectivity index (χ0) is 11.8. The largest absolute Gasteiger partial charge is 0.479 e. The topological polar surface area (TPSA) is 49.7 Å². The molecule has 2 rings (SSSR count). The fraction of sp³-hybridized carbons (Fsp3) is 0.385. The molecule has 0 spiro atoms. The Labute approximate surface area is 94.8 Å². The van der Waals surface area contributed by atoms with Crippen LogP contribution in [-0.4, -0.2) is 22.3 Å². The van der Waals surface area contributed by atoms with E-state index in [1.165, 1.54) is 0 Å². The Morgan fingerprint density at radius 2 is 2.19 bits per heavy atom. The van der Waals surface area contributed by atoms with Crippen molar-refractivity contribution in [3.05, 3.63) is 35.4 Å². The van der Waals surface area contributed by atoms with Gasteiger partial charge in [-0.1, -0.05) is 31.2 Å². The van der Waals surface area contributed by atoms with E-state index in [1.807, 2.05) is 31.2 Å². The number of aliphatic carboxylic acids is 1. The monoisotopic (exact) mass is 217 g/mol. The van der Waals surface area contributed by atoms with Crippen LogP contribution in [0.15, 0.2) is 29.3 Å². The molecule has 1 aliphatic rings. The lowest BCUT2D eigenvalue weighted by molar-refractivity contribution is -0.142. The van der Waals surface area contributed by atoms with Crippen LogP contribution in [0, 0.1) is 0 Å². The summed E-state index contributed by atoms with van der Waals surface area (Å²) in [7, 11) is 0. The van der Waals surface area contributed by atoms with Gasteiger partial charge < -0.3 is 5.11 Å². The Bertz CT molecular complexity index is 465. The summed E-state index contributed by atoms with van der Waals surface area (Å²) in [6, 6.07) is 7.91. The molecule has 0 aliphatic carbocycles. The molecule has 0 amide bonds. The average Bonchev–Trinajstić information content (AvgIpc) is 2.27. The highest BCUT2D eigenvalue weighted by molar-refractivity contribution is 6.04. The number of carboxylic acids is 1. The quantitative estimate of drug-likeness (QED) is 0.826. The van der Waals surface area contributed by atoms with Crippen molar-refractivity contribution < 1.29 is 9.90 Å². The van der Waals surface area contributed by atoms with Gasteiger partial charge in [-0.25, -0.2) is 4.79 Å². The van der Waals surface area contributed by atoms with Crippen molar-refractivity contribution in [3.8, 4) is 0 Å². The highest BCUT2D eigenvalue weighted by Crippen LogP contribution is 2.28. The van der Waals surface area contributed by atoms with Crippen molar-refractivity contribution in [2.24, 2.45) is 4.99 Å². The smallest absolute Gasteiger partial charge is 0.331 e. The number of hydrogen-bond acceptors (Lipinski definition) is 2. The van der Waals surface area contributed by atoms with Crippen LogP contribution >= 0.6 is 0 Å². The van der Waals surface area contributed by atoms with Gasteiger partial charge >= 0.3 is 5.97 Å². The van der Waals surface area contributed by atoms with Gasteiger partial charge in [0.25, 0.3) is 0 Å². The predicted octanol–water partition coefficient (Wildman–Crippen LogP) is 2.29. The maximum Gasteiger partial charge on any atom is 0.331 e. The van der Waals surface area contributed by atoms with E-state index in [4.69, 9.17) is 0 Å². The molecule has 3 nitrogen and oxygen atoms in total. The number of rotatable bonds is 2. The molecule has 0 saturated carbocycles. The van der Waals surface area contributed by atoms with Gasteiger partial charge in [0.15, 0.2) is 5.54 Å². The number of nitrogens with zero attached hydrogens (tertiary/aromatic N) is 1. The first kappa shape index (κ1) is 10.9. The van der Waals surface area contributed by atoms with E-state index in [9.17, 15) is 9.90 Å². The lowest BCUT2D eigenvalue weighted by Gasteiger charge is -2.28. The van der Waals surface area contributed by atoms with Crippen LogP contribution in [0.4, 0.5) is 0 Å². The molecule has 0 radical (unpaired) electrons. The fourth-order valence-corrected chi connectivity index (χ4v) is 2.12. The van der Waals surface area contributed by atoms with Crippen LogP contribution < -0.4 is 0 Å². The first-order valence-electron chi connectivity index (χ1n) is 5.47. The minimum atomic E-state index is -1.00. The molecule has 0 fully saturated rings. The molecule has 1 aromatic carbocycles. The number of benzene rings is 1. The van der Waals surface area contributed by atoms with Crippen LogP contribution in [0.1, 0.15) is 31.4 Å². The summed E-state index contributed by atoms with van der Waals surface area (Å²) < 4.78 is 0. The number of carbonyl (C=O) groups is 1. The molecule has 84 valence electrons. The first-order valence-corrected chi connectivity index (χ1v) is 5.47. The summed E-state index contributed by atoms with van der Waals surface area (Å²) in [4.78, 5) is 15.6. The summed E-state index contributed by atoms with van der Waals surface area (Å²) >= 11 is 0. The van der Waals surface area contributed by atoms with Crippen molar-refractivity contribution >= 4 is 11.7 Å². The van der Waals surface area contributed by atoms with Gasteiger partial charge in [0, 0.05) is 12.1 Å². The zero-order valence-electron chi connectivity index (χ0n) is 9.53. The highest BCUT2D eigenvalue weighted by atomic mass is 16.4. The van der Waals surface area contributed by atoms with Gasteiger partial charge in [-0.3, -0.25) is 4.99 Å². The van der Waals surface area contributed by atoms with E-state index < -0.39 is 11.5 Å². The van der Waals surface area contributed by atoms with E-state index in [2.05, 4.69) is 4.99 Å². The minimum absolute atomic E-state index is 0.474. The molecule has 1 N–H and O–H groups in total. The molecule has 16 heavy (non-hydrogen) atoms. The maximum atomic E-state index is 11.2. The molecule has 0 bridgehead atoms. The minimum Gasteiger partial charge on any atom is -0.479 e. The molecular formula is C13H15NO2. The molecule has 1 heterocycles. The predicted molar refractivity (Wildman–Crippen MR) is 63.0 cm³/mol. The van der Waals surface area contributed by atoms with E-state index in [-0.39, 0.29) is 0 Å². The second-order valence-corrected chi connectivity index (χ2v) is 4.32. The summed E-state index contributed by atoms with van der Waals surface area (Å²) in [6.07, 6.45) is 1.24. The molecule has 0 saturated heterocycles. The van der Waals surface area contributed by atoms with E-state index in [0.29, 0.717) is 6.42 Å². The SMILES string of the molecule is CCC1=N[C@](C)(C(=O)O)Cc2ccccc21. The maximum absolute atomic E-state index is 11.2. The second-order valence-electron chi connectivity index (χ2n) is 4.32. The summed E-state index contributed by atoms with van der Waals surface area (Å²) in [5, 5.41) is 9.23. The second kappa shape index (κ2) is 3.74. The molecule has 0 aromatic heterocycles. The van der Waals surface area contributed by atoms with E-state index in [0.717, 1.165) is 23.3 Å². The van der Waals surface area contributed by atoms with Crippen molar-refractivity contribution in [2.75, 3.05) is 0 Å². The molecule has 1 atom stereocenters. The Morgan fingerprint density at radius 1 is 1.50 bits per heavy atom. The average molecular weight is 217 g/mol. The standard InChI is InChI=1S/C13H15NO2/c1-3-11-10-7-5-4-6-9(10)8-13(2,14-11)12(15)16/h4-7H,3,8H2,1-2H3,(H,15,16)/t13-/m0/s1. The first-order chi connectivity index (χ1) is 7.57. The van der Waals surface area contributed by atoms with Crippen molar-refractivity contribution in [1.29, 1.82) is 0 Å². The number of carboxylic acid groups (broad SMARTS) is 1. The summed E-state index contributed by atoms with van der Waals surface area (Å²) in [6.45, 7) is 3.68. The molecule has 1 aromatic rings. The Kier molecular flexibility index (Phi) is 2.54. The molecule has 0 unspecified atom stereocenters. The van der Waals surface area contributed by atoms with Gasteiger partial charge in [0.05, 0.1) is 0 Å². The summed E-state index contributed by atoms with van der Waals surface area (Å²) in [5.41, 5.74) is 2.08. The Morgan fingerprint density at radius 3 is 2.81 bits per heavy atom. The van der Waals surface area contributed by atoms with Gasteiger partial charge in [-0.2, -0.15) is 0 Å². The van der Waals surface area contributed by atoms with Gasteiger partial charge in [0.1, 0.15) is 0 Å². The zero-order valence-corrected chi connectivity index (χ0v) is 9.53. The van der Waals surface area contributed by atoms with Crippen molar-refractivity contribution in [2.45, 2.75) is 32.2 Å². The number of hydrogen-bond donors (Lipinski definition) is 1. The van der Waals surface area contributed by atoms with Gasteiger partial charge in [-0.05, 0) is 24.5 Å². The number of aliphatic imine (C=N–C) groups is 1. The lowest BCUT2D eigenvalue weighted by atomic mass is 9.85. The summed E-state index contributed by atoms with van der Waals surface area (Å²) in [5.74, 6) is -0.854. The normalized spacial score (nSPS) is 23.5. The van der Waals surface area contributed by atoms with Gasteiger partial charge in [-0.15, -0.1) is 0 Å². The molecular weight excluding hydrogens is 202 g/mol. The lowest BCUT2D eigenvalue weighted by Crippen LogP contribution is -2.39. The van der Waals surface area contributed by atoms with Crippen LogP contribution in [-0.2, 0) is 11.2 Å². The number of fused-ring (bicyclic) bond motifs is 1. The van der Waals surface area contributed by atoms with Crippen molar-refractivity contribution in [1.82, 2.24) is 0 Å². The fourth-order valence-electron chi connectivity index (χ4n) is 2.12. The van der Waals surface area contributed by atoms with Crippen LogP contribution in [0.5, 0.6) is 0 Å². The third-order valence-corrected chi connectivity index (χ3v) is 3.04. The molecule has 1 aliphatic heterocycles. The van der Waals surface area contributed by atoms with Crippen molar-refractivity contribution in [3.63, 3.8) is 0 Å². The van der Waals surface area contributed by atoms with E-state index >= 15 is 0 Å². The van der Waals surface area contributed by atoms with Gasteiger partial charge in [0.2, 0.25) is 0 Å². The molecule has 3 heteroatoms. The third kappa shape index (κ3) is 1.62. The highest BCUT2D eigenvalue weighted by Gasteiger charge is 2.37. The Balaban J connectivity index is 2.55. The van der Waals surface area contributed by atoms with Crippen LogP contribution in [0.25, 0.3) is 0 Å².